The van der Waals surface area contributed by atoms with Gasteiger partial charge in [0.2, 0.25) is 11.8 Å². The number of amides is 2. The van der Waals surface area contributed by atoms with Crippen LogP contribution in [0.1, 0.15) is 18.0 Å². The van der Waals surface area contributed by atoms with Crippen LogP contribution in [-0.2, 0) is 9.59 Å². The number of rotatable bonds is 3. The zero-order valence-corrected chi connectivity index (χ0v) is 15.3. The average molecular weight is 381 g/mol. The molecule has 1 atom stereocenters. The van der Waals surface area contributed by atoms with Gasteiger partial charge in [0.15, 0.2) is 0 Å². The number of nitrogens with one attached hydrogen (secondary N) is 2. The summed E-state index contributed by atoms with van der Waals surface area (Å²) in [6.07, 6.45) is 0.0226. The number of aromatic nitrogens is 2. The molecule has 0 bridgehead atoms. The van der Waals surface area contributed by atoms with Gasteiger partial charge < -0.3 is 10.6 Å². The highest BCUT2D eigenvalue weighted by atomic mass is 35.5. The van der Waals surface area contributed by atoms with Crippen LogP contribution in [0.15, 0.2) is 54.6 Å². The second-order valence-corrected chi connectivity index (χ2v) is 6.84. The molecule has 136 valence electrons. The number of hydrogen-bond donors (Lipinski definition) is 2. The SMILES string of the molecule is Cc1c(-c2ccccc2)nn2c1NC(=O)C[C@H]2C(=O)Nc1cccc(Cl)c1. The van der Waals surface area contributed by atoms with Crippen molar-refractivity contribution in [2.45, 2.75) is 19.4 Å². The third-order valence-electron chi connectivity index (χ3n) is 4.52. The van der Waals surface area contributed by atoms with E-state index in [4.69, 9.17) is 11.6 Å². The Kier molecular flexibility index (Phi) is 4.41. The Hall–Kier alpha value is -3.12. The van der Waals surface area contributed by atoms with Gasteiger partial charge in [0, 0.05) is 21.8 Å². The predicted molar refractivity (Wildman–Crippen MR) is 105 cm³/mol. The smallest absolute Gasteiger partial charge is 0.249 e. The normalized spacial score (nSPS) is 15.8. The van der Waals surface area contributed by atoms with Crippen molar-refractivity contribution in [3.63, 3.8) is 0 Å². The molecule has 1 aliphatic heterocycles. The number of anilines is 2. The highest BCUT2D eigenvalue weighted by Crippen LogP contribution is 2.34. The molecule has 3 aromatic rings. The Balaban J connectivity index is 1.70. The topological polar surface area (TPSA) is 76.0 Å². The van der Waals surface area contributed by atoms with Crippen molar-refractivity contribution >= 4 is 34.9 Å². The minimum absolute atomic E-state index is 0.0226. The van der Waals surface area contributed by atoms with E-state index in [0.29, 0.717) is 16.5 Å². The Morgan fingerprint density at radius 2 is 2.00 bits per heavy atom. The summed E-state index contributed by atoms with van der Waals surface area (Å²) in [6, 6.07) is 15.8. The van der Waals surface area contributed by atoms with Gasteiger partial charge in [-0.2, -0.15) is 5.10 Å². The number of carbonyl (C=O) groups excluding carboxylic acids is 2. The van der Waals surface area contributed by atoms with E-state index in [1.54, 1.807) is 28.9 Å². The summed E-state index contributed by atoms with van der Waals surface area (Å²) in [5.74, 6) is 0.0307. The lowest BCUT2D eigenvalue weighted by Crippen LogP contribution is -2.35. The van der Waals surface area contributed by atoms with Crippen LogP contribution in [0.4, 0.5) is 11.5 Å². The monoisotopic (exact) mass is 380 g/mol. The second kappa shape index (κ2) is 6.89. The third-order valence-corrected chi connectivity index (χ3v) is 4.76. The molecule has 0 aliphatic carbocycles. The molecule has 0 spiro atoms. The number of benzene rings is 2. The molecule has 4 rings (SSSR count). The van der Waals surface area contributed by atoms with Crippen LogP contribution in [0, 0.1) is 6.92 Å². The summed E-state index contributed by atoms with van der Waals surface area (Å²) < 4.78 is 1.60. The van der Waals surface area contributed by atoms with Gasteiger partial charge in [-0.3, -0.25) is 9.59 Å². The van der Waals surface area contributed by atoms with Crippen molar-refractivity contribution in [3.05, 3.63) is 65.2 Å². The molecule has 1 aromatic heterocycles. The molecule has 2 N–H and O–H groups in total. The summed E-state index contributed by atoms with van der Waals surface area (Å²) in [4.78, 5) is 25.0. The largest absolute Gasteiger partial charge is 0.324 e. The van der Waals surface area contributed by atoms with Gasteiger partial charge in [-0.15, -0.1) is 0 Å². The molecule has 0 saturated heterocycles. The van der Waals surface area contributed by atoms with Crippen LogP contribution < -0.4 is 10.6 Å². The van der Waals surface area contributed by atoms with E-state index in [9.17, 15) is 9.59 Å². The molecule has 0 unspecified atom stereocenters. The summed E-state index contributed by atoms with van der Waals surface area (Å²) in [5, 5.41) is 10.8. The molecule has 0 fully saturated rings. The van der Waals surface area contributed by atoms with E-state index in [0.717, 1.165) is 16.8 Å². The van der Waals surface area contributed by atoms with Crippen molar-refractivity contribution in [2.75, 3.05) is 10.6 Å². The maximum Gasteiger partial charge on any atom is 0.249 e. The molecular formula is C20H17ClN4O2. The molecular weight excluding hydrogens is 364 g/mol. The van der Waals surface area contributed by atoms with E-state index in [-0.39, 0.29) is 18.2 Å². The van der Waals surface area contributed by atoms with Crippen molar-refractivity contribution in [1.29, 1.82) is 0 Å². The molecule has 7 heteroatoms. The fraction of sp³-hybridized carbons (Fsp3) is 0.150. The lowest BCUT2D eigenvalue weighted by atomic mass is 10.1. The molecule has 1 aliphatic rings. The highest BCUT2D eigenvalue weighted by molar-refractivity contribution is 6.30. The van der Waals surface area contributed by atoms with Gasteiger partial charge >= 0.3 is 0 Å². The van der Waals surface area contributed by atoms with Crippen LogP contribution >= 0.6 is 11.6 Å². The van der Waals surface area contributed by atoms with Crippen molar-refractivity contribution in [2.24, 2.45) is 0 Å². The number of hydrogen-bond acceptors (Lipinski definition) is 3. The standard InChI is InChI=1S/C20H17ClN4O2/c1-12-18(13-6-3-2-4-7-13)24-25-16(11-17(26)23-19(12)25)20(27)22-15-9-5-8-14(21)10-15/h2-10,16H,11H2,1H3,(H,22,27)(H,23,26)/t16-/m0/s1. The summed E-state index contributed by atoms with van der Waals surface area (Å²) in [6.45, 7) is 1.89. The summed E-state index contributed by atoms with van der Waals surface area (Å²) in [5.41, 5.74) is 3.08. The zero-order chi connectivity index (χ0) is 19.0. The molecule has 27 heavy (non-hydrogen) atoms. The minimum Gasteiger partial charge on any atom is -0.324 e. The van der Waals surface area contributed by atoms with Crippen LogP contribution in [0.2, 0.25) is 5.02 Å². The first-order valence-electron chi connectivity index (χ1n) is 8.54. The van der Waals surface area contributed by atoms with Gasteiger partial charge in [-0.05, 0) is 25.1 Å². The first-order chi connectivity index (χ1) is 13.0. The van der Waals surface area contributed by atoms with Gasteiger partial charge in [-0.1, -0.05) is 48.0 Å². The van der Waals surface area contributed by atoms with E-state index < -0.39 is 6.04 Å². The molecule has 2 aromatic carbocycles. The number of carbonyl (C=O) groups is 2. The van der Waals surface area contributed by atoms with Gasteiger partial charge in [0.1, 0.15) is 11.9 Å². The Morgan fingerprint density at radius 1 is 1.22 bits per heavy atom. The summed E-state index contributed by atoms with van der Waals surface area (Å²) in [7, 11) is 0. The third kappa shape index (κ3) is 3.31. The fourth-order valence-corrected chi connectivity index (χ4v) is 3.39. The van der Waals surface area contributed by atoms with Crippen LogP contribution in [0.3, 0.4) is 0 Å². The molecule has 6 nitrogen and oxygen atoms in total. The van der Waals surface area contributed by atoms with Gasteiger partial charge in [0.25, 0.3) is 0 Å². The van der Waals surface area contributed by atoms with E-state index in [1.165, 1.54) is 0 Å². The average Bonchev–Trinajstić information content (AvgIpc) is 2.98. The van der Waals surface area contributed by atoms with E-state index in [1.807, 2.05) is 37.3 Å². The quantitative estimate of drug-likeness (QED) is 0.720. The van der Waals surface area contributed by atoms with E-state index in [2.05, 4.69) is 15.7 Å². The number of halogens is 1. The molecule has 0 saturated carbocycles. The lowest BCUT2D eigenvalue weighted by Gasteiger charge is -2.24. The summed E-state index contributed by atoms with van der Waals surface area (Å²) >= 11 is 5.98. The minimum atomic E-state index is -0.733. The second-order valence-electron chi connectivity index (χ2n) is 6.40. The zero-order valence-electron chi connectivity index (χ0n) is 14.6. The van der Waals surface area contributed by atoms with Crippen molar-refractivity contribution < 1.29 is 9.59 Å². The lowest BCUT2D eigenvalue weighted by molar-refractivity contribution is -0.125. The van der Waals surface area contributed by atoms with Crippen molar-refractivity contribution in [1.82, 2.24) is 9.78 Å². The van der Waals surface area contributed by atoms with E-state index >= 15 is 0 Å². The maximum atomic E-state index is 12.8. The Morgan fingerprint density at radius 3 is 2.74 bits per heavy atom. The predicted octanol–water partition coefficient (Wildman–Crippen LogP) is 4.03. The maximum absolute atomic E-state index is 12.8. The number of nitrogens with zero attached hydrogens (tertiary/aromatic N) is 2. The van der Waals surface area contributed by atoms with Gasteiger partial charge in [0.05, 0.1) is 12.1 Å². The molecule has 2 heterocycles. The fourth-order valence-electron chi connectivity index (χ4n) is 3.20. The Labute approximate surface area is 161 Å². The molecule has 0 radical (unpaired) electrons. The van der Waals surface area contributed by atoms with Crippen LogP contribution in [-0.4, -0.2) is 21.6 Å². The first kappa shape index (κ1) is 17.3. The van der Waals surface area contributed by atoms with Gasteiger partial charge in [-0.25, -0.2) is 4.68 Å². The van der Waals surface area contributed by atoms with Crippen LogP contribution in [0.25, 0.3) is 11.3 Å². The Bertz CT molecular complexity index is 1030. The van der Waals surface area contributed by atoms with Crippen molar-refractivity contribution in [3.8, 4) is 11.3 Å². The number of fused-ring (bicyclic) bond motifs is 1. The highest BCUT2D eigenvalue weighted by Gasteiger charge is 2.34. The first-order valence-corrected chi connectivity index (χ1v) is 8.91. The van der Waals surface area contributed by atoms with Crippen LogP contribution in [0.5, 0.6) is 0 Å². The molecule has 2 amide bonds.